The lowest BCUT2D eigenvalue weighted by Crippen LogP contribution is -2.43. The molecule has 0 aliphatic carbocycles. The van der Waals surface area contributed by atoms with Gasteiger partial charge in [-0.2, -0.15) is 0 Å². The SMILES string of the molecule is CC(C)C(=O)N(C)[C@@H](CO)CC(C)(C)C. The van der Waals surface area contributed by atoms with Gasteiger partial charge in [-0.05, 0) is 11.8 Å². The summed E-state index contributed by atoms with van der Waals surface area (Å²) in [4.78, 5) is 13.4. The first-order valence-corrected chi connectivity index (χ1v) is 5.56. The molecule has 0 aliphatic heterocycles. The van der Waals surface area contributed by atoms with E-state index in [0.29, 0.717) is 0 Å². The summed E-state index contributed by atoms with van der Waals surface area (Å²) in [6, 6.07) is -0.0695. The van der Waals surface area contributed by atoms with Gasteiger partial charge >= 0.3 is 0 Å². The second kappa shape index (κ2) is 5.50. The molecule has 0 spiro atoms. The van der Waals surface area contributed by atoms with E-state index in [4.69, 9.17) is 0 Å². The maximum Gasteiger partial charge on any atom is 0.225 e. The molecule has 0 saturated carbocycles. The standard InChI is InChI=1S/C12H25NO2/c1-9(2)11(15)13(6)10(8-14)7-12(3,4)5/h9-10,14H,7-8H2,1-6H3/t10-/m1/s1. The molecule has 0 unspecified atom stereocenters. The number of amides is 1. The Kier molecular flexibility index (Phi) is 5.29. The normalized spacial score (nSPS) is 14.1. The van der Waals surface area contributed by atoms with Crippen LogP contribution >= 0.6 is 0 Å². The molecule has 0 heterocycles. The van der Waals surface area contributed by atoms with Gasteiger partial charge in [0.25, 0.3) is 0 Å². The Morgan fingerprint density at radius 3 is 2.07 bits per heavy atom. The van der Waals surface area contributed by atoms with E-state index in [1.54, 1.807) is 11.9 Å². The van der Waals surface area contributed by atoms with Crippen molar-refractivity contribution in [2.75, 3.05) is 13.7 Å². The van der Waals surface area contributed by atoms with Crippen LogP contribution in [-0.4, -0.2) is 35.6 Å². The van der Waals surface area contributed by atoms with Crippen molar-refractivity contribution in [2.45, 2.75) is 47.1 Å². The van der Waals surface area contributed by atoms with Crippen molar-refractivity contribution in [3.05, 3.63) is 0 Å². The molecule has 0 aromatic rings. The third-order valence-corrected chi connectivity index (χ3v) is 2.45. The van der Waals surface area contributed by atoms with E-state index in [1.165, 1.54) is 0 Å². The molecule has 90 valence electrons. The first-order chi connectivity index (χ1) is 6.69. The number of carbonyl (C=O) groups is 1. The maximum absolute atomic E-state index is 11.7. The number of carbonyl (C=O) groups excluding carboxylic acids is 1. The third-order valence-electron chi connectivity index (χ3n) is 2.45. The zero-order valence-electron chi connectivity index (χ0n) is 10.9. The van der Waals surface area contributed by atoms with Crippen LogP contribution in [0, 0.1) is 11.3 Å². The minimum absolute atomic E-state index is 0.0102. The van der Waals surface area contributed by atoms with E-state index < -0.39 is 0 Å². The first-order valence-electron chi connectivity index (χ1n) is 5.56. The van der Waals surface area contributed by atoms with Gasteiger partial charge in [-0.3, -0.25) is 4.79 Å². The topological polar surface area (TPSA) is 40.5 Å². The number of hydrogen-bond acceptors (Lipinski definition) is 2. The minimum Gasteiger partial charge on any atom is -0.394 e. The summed E-state index contributed by atoms with van der Waals surface area (Å²) in [7, 11) is 1.77. The Bertz CT molecular complexity index is 206. The van der Waals surface area contributed by atoms with Gasteiger partial charge in [0.05, 0.1) is 12.6 Å². The van der Waals surface area contributed by atoms with E-state index in [2.05, 4.69) is 20.8 Å². The lowest BCUT2D eigenvalue weighted by atomic mass is 9.87. The molecule has 1 amide bonds. The zero-order chi connectivity index (χ0) is 12.2. The highest BCUT2D eigenvalue weighted by Crippen LogP contribution is 2.23. The minimum atomic E-state index is -0.0695. The number of aliphatic hydroxyl groups excluding tert-OH is 1. The van der Waals surface area contributed by atoms with Crippen LogP contribution in [0.5, 0.6) is 0 Å². The fraction of sp³-hybridized carbons (Fsp3) is 0.917. The largest absolute Gasteiger partial charge is 0.394 e. The van der Waals surface area contributed by atoms with Crippen LogP contribution in [0.1, 0.15) is 41.0 Å². The second-order valence-electron chi connectivity index (χ2n) is 5.71. The van der Waals surface area contributed by atoms with Crippen LogP contribution in [0.25, 0.3) is 0 Å². The van der Waals surface area contributed by atoms with E-state index in [1.807, 2.05) is 13.8 Å². The Morgan fingerprint density at radius 2 is 1.80 bits per heavy atom. The zero-order valence-corrected chi connectivity index (χ0v) is 10.9. The van der Waals surface area contributed by atoms with Crippen molar-refractivity contribution in [3.63, 3.8) is 0 Å². The molecule has 0 aromatic carbocycles. The van der Waals surface area contributed by atoms with E-state index in [0.717, 1.165) is 6.42 Å². The molecule has 1 atom stereocenters. The van der Waals surface area contributed by atoms with Crippen molar-refractivity contribution in [1.29, 1.82) is 0 Å². The summed E-state index contributed by atoms with van der Waals surface area (Å²) in [6.45, 7) is 10.1. The van der Waals surface area contributed by atoms with Crippen molar-refractivity contribution in [1.82, 2.24) is 4.90 Å². The van der Waals surface area contributed by atoms with Gasteiger partial charge in [-0.25, -0.2) is 0 Å². The quantitative estimate of drug-likeness (QED) is 0.778. The second-order valence-corrected chi connectivity index (χ2v) is 5.71. The van der Waals surface area contributed by atoms with Crippen LogP contribution < -0.4 is 0 Å². The van der Waals surface area contributed by atoms with Crippen LogP contribution in [0.3, 0.4) is 0 Å². The number of rotatable bonds is 4. The van der Waals surface area contributed by atoms with Gasteiger partial charge in [0, 0.05) is 13.0 Å². The van der Waals surface area contributed by atoms with Gasteiger partial charge in [0.1, 0.15) is 0 Å². The first kappa shape index (κ1) is 14.4. The molecule has 0 aliphatic rings. The molecule has 0 bridgehead atoms. The lowest BCUT2D eigenvalue weighted by Gasteiger charge is -2.33. The van der Waals surface area contributed by atoms with Crippen LogP contribution in [-0.2, 0) is 4.79 Å². The highest BCUT2D eigenvalue weighted by atomic mass is 16.3. The molecule has 0 rings (SSSR count). The molecule has 15 heavy (non-hydrogen) atoms. The fourth-order valence-corrected chi connectivity index (χ4v) is 1.62. The van der Waals surface area contributed by atoms with Crippen molar-refractivity contribution in [3.8, 4) is 0 Å². The van der Waals surface area contributed by atoms with Crippen LogP contribution in [0.15, 0.2) is 0 Å². The predicted octanol–water partition coefficient (Wildman–Crippen LogP) is 1.90. The van der Waals surface area contributed by atoms with Gasteiger partial charge < -0.3 is 10.0 Å². The van der Waals surface area contributed by atoms with Gasteiger partial charge in [-0.1, -0.05) is 34.6 Å². The summed E-state index contributed by atoms with van der Waals surface area (Å²) in [5, 5.41) is 9.30. The van der Waals surface area contributed by atoms with Crippen LogP contribution in [0.2, 0.25) is 0 Å². The third kappa shape index (κ3) is 5.17. The van der Waals surface area contributed by atoms with Gasteiger partial charge in [0.15, 0.2) is 0 Å². The Hall–Kier alpha value is -0.570. The smallest absolute Gasteiger partial charge is 0.225 e. The molecule has 3 nitrogen and oxygen atoms in total. The lowest BCUT2D eigenvalue weighted by molar-refractivity contribution is -0.136. The van der Waals surface area contributed by atoms with Gasteiger partial charge in [-0.15, -0.1) is 0 Å². The Morgan fingerprint density at radius 1 is 1.33 bits per heavy atom. The molecule has 1 N–H and O–H groups in total. The number of hydrogen-bond donors (Lipinski definition) is 1. The molecule has 0 fully saturated rings. The summed E-state index contributed by atoms with van der Waals surface area (Å²) in [6.07, 6.45) is 0.818. The van der Waals surface area contributed by atoms with Crippen molar-refractivity contribution < 1.29 is 9.90 Å². The van der Waals surface area contributed by atoms with Crippen LogP contribution in [0.4, 0.5) is 0 Å². The Labute approximate surface area is 93.5 Å². The molecule has 0 aromatic heterocycles. The van der Waals surface area contributed by atoms with Gasteiger partial charge in [0.2, 0.25) is 5.91 Å². The van der Waals surface area contributed by atoms with Crippen molar-refractivity contribution >= 4 is 5.91 Å². The van der Waals surface area contributed by atoms with E-state index >= 15 is 0 Å². The summed E-state index contributed by atoms with van der Waals surface area (Å²) < 4.78 is 0. The summed E-state index contributed by atoms with van der Waals surface area (Å²) >= 11 is 0. The monoisotopic (exact) mass is 215 g/mol. The predicted molar refractivity (Wildman–Crippen MR) is 62.6 cm³/mol. The van der Waals surface area contributed by atoms with Crippen molar-refractivity contribution in [2.24, 2.45) is 11.3 Å². The average Bonchev–Trinajstić information content (AvgIpc) is 2.10. The molecule has 3 heteroatoms. The number of aliphatic hydroxyl groups is 1. The molecule has 0 radical (unpaired) electrons. The number of likely N-dealkylation sites (N-methyl/N-ethyl adjacent to an activating group) is 1. The maximum atomic E-state index is 11.7. The Balaban J connectivity index is 4.48. The molecular weight excluding hydrogens is 190 g/mol. The fourth-order valence-electron chi connectivity index (χ4n) is 1.62. The molecule has 0 saturated heterocycles. The molecular formula is C12H25NO2. The highest BCUT2D eigenvalue weighted by Gasteiger charge is 2.25. The van der Waals surface area contributed by atoms with E-state index in [-0.39, 0.29) is 29.9 Å². The van der Waals surface area contributed by atoms with E-state index in [9.17, 15) is 9.90 Å². The number of nitrogens with zero attached hydrogens (tertiary/aromatic N) is 1. The summed E-state index contributed by atoms with van der Waals surface area (Å²) in [5.74, 6) is 0.0855. The summed E-state index contributed by atoms with van der Waals surface area (Å²) in [5.41, 5.74) is 0.124. The average molecular weight is 215 g/mol. The highest BCUT2D eigenvalue weighted by molar-refractivity contribution is 5.78.